The van der Waals surface area contributed by atoms with Gasteiger partial charge in [-0.1, -0.05) is 24.3 Å². The molecule has 3 aromatic rings. The van der Waals surface area contributed by atoms with E-state index >= 15 is 0 Å². The van der Waals surface area contributed by atoms with E-state index in [0.29, 0.717) is 11.6 Å². The standard InChI is InChI=1S/C18H16FNO/c1-13-6-3-4-7-16(13)20-11-5-8-18(20)21-17-12-15(19)10-9-14(17)2/h3-12H,1-2H3. The largest absolute Gasteiger partial charge is 0.440 e. The van der Waals surface area contributed by atoms with Gasteiger partial charge in [0.15, 0.2) is 0 Å². The van der Waals surface area contributed by atoms with Gasteiger partial charge < -0.3 is 4.74 Å². The predicted octanol–water partition coefficient (Wildman–Crippen LogP) is 5.03. The SMILES string of the molecule is Cc1ccc(F)cc1Oc1cccn1-c1ccccc1C. The maximum Gasteiger partial charge on any atom is 0.204 e. The van der Waals surface area contributed by atoms with Gasteiger partial charge in [-0.3, -0.25) is 4.57 Å². The number of hydrogen-bond donors (Lipinski definition) is 0. The number of halogens is 1. The van der Waals surface area contributed by atoms with Crippen molar-refractivity contribution in [2.24, 2.45) is 0 Å². The van der Waals surface area contributed by atoms with E-state index in [-0.39, 0.29) is 5.82 Å². The van der Waals surface area contributed by atoms with Gasteiger partial charge in [-0.2, -0.15) is 0 Å². The second kappa shape index (κ2) is 5.44. The van der Waals surface area contributed by atoms with Gasteiger partial charge in [-0.15, -0.1) is 0 Å². The van der Waals surface area contributed by atoms with Crippen LogP contribution in [0.2, 0.25) is 0 Å². The van der Waals surface area contributed by atoms with Crippen LogP contribution in [0, 0.1) is 19.7 Å². The molecule has 0 spiro atoms. The third kappa shape index (κ3) is 2.68. The van der Waals surface area contributed by atoms with Crippen molar-refractivity contribution in [3.63, 3.8) is 0 Å². The molecule has 0 unspecified atom stereocenters. The first kappa shape index (κ1) is 13.4. The summed E-state index contributed by atoms with van der Waals surface area (Å²) >= 11 is 0. The Labute approximate surface area is 123 Å². The summed E-state index contributed by atoms with van der Waals surface area (Å²) in [6.45, 7) is 3.95. The summed E-state index contributed by atoms with van der Waals surface area (Å²) in [7, 11) is 0. The summed E-state index contributed by atoms with van der Waals surface area (Å²) in [4.78, 5) is 0. The van der Waals surface area contributed by atoms with Gasteiger partial charge in [0.05, 0.1) is 5.69 Å². The van der Waals surface area contributed by atoms with Crippen molar-refractivity contribution in [3.05, 3.63) is 77.7 Å². The molecular weight excluding hydrogens is 265 g/mol. The Morgan fingerprint density at radius 2 is 1.71 bits per heavy atom. The van der Waals surface area contributed by atoms with Crippen molar-refractivity contribution >= 4 is 0 Å². The van der Waals surface area contributed by atoms with Crippen LogP contribution >= 0.6 is 0 Å². The Bertz CT molecular complexity index is 776. The molecule has 1 heterocycles. The van der Waals surface area contributed by atoms with Gasteiger partial charge in [0.1, 0.15) is 11.6 Å². The highest BCUT2D eigenvalue weighted by molar-refractivity contribution is 5.45. The minimum absolute atomic E-state index is 0.301. The normalized spacial score (nSPS) is 10.6. The molecule has 0 saturated carbocycles. The Kier molecular flexibility index (Phi) is 3.48. The number of para-hydroxylation sites is 1. The minimum atomic E-state index is -0.301. The molecule has 0 bridgehead atoms. The average Bonchev–Trinajstić information content (AvgIpc) is 2.91. The van der Waals surface area contributed by atoms with Crippen LogP contribution in [0.15, 0.2) is 60.8 Å². The third-order valence-corrected chi connectivity index (χ3v) is 3.45. The molecule has 2 nitrogen and oxygen atoms in total. The van der Waals surface area contributed by atoms with Gasteiger partial charge >= 0.3 is 0 Å². The maximum absolute atomic E-state index is 13.4. The molecule has 0 aliphatic heterocycles. The summed E-state index contributed by atoms with van der Waals surface area (Å²) in [5.41, 5.74) is 3.09. The molecule has 0 fully saturated rings. The molecule has 0 amide bonds. The summed E-state index contributed by atoms with van der Waals surface area (Å²) in [5.74, 6) is 0.895. The zero-order valence-corrected chi connectivity index (χ0v) is 12.0. The zero-order valence-electron chi connectivity index (χ0n) is 12.0. The zero-order chi connectivity index (χ0) is 14.8. The third-order valence-electron chi connectivity index (χ3n) is 3.45. The highest BCUT2D eigenvalue weighted by Crippen LogP contribution is 2.29. The molecule has 3 heteroatoms. The van der Waals surface area contributed by atoms with Gasteiger partial charge in [-0.25, -0.2) is 4.39 Å². The van der Waals surface area contributed by atoms with E-state index in [1.54, 1.807) is 6.07 Å². The molecule has 0 aliphatic carbocycles. The fourth-order valence-electron chi connectivity index (χ4n) is 2.28. The summed E-state index contributed by atoms with van der Waals surface area (Å²) < 4.78 is 21.2. The summed E-state index contributed by atoms with van der Waals surface area (Å²) in [6.07, 6.45) is 1.94. The van der Waals surface area contributed by atoms with Crippen LogP contribution in [0.1, 0.15) is 11.1 Å². The quantitative estimate of drug-likeness (QED) is 0.657. The maximum atomic E-state index is 13.4. The molecule has 1 aromatic heterocycles. The molecule has 0 atom stereocenters. The highest BCUT2D eigenvalue weighted by Gasteiger charge is 2.09. The van der Waals surface area contributed by atoms with Crippen molar-refractivity contribution < 1.29 is 9.13 Å². The molecule has 0 aliphatic rings. The number of benzene rings is 2. The van der Waals surface area contributed by atoms with Crippen molar-refractivity contribution in [3.8, 4) is 17.3 Å². The lowest BCUT2D eigenvalue weighted by Gasteiger charge is -2.13. The topological polar surface area (TPSA) is 14.2 Å². The lowest BCUT2D eigenvalue weighted by molar-refractivity contribution is 0.445. The number of aromatic nitrogens is 1. The molecule has 21 heavy (non-hydrogen) atoms. The second-order valence-electron chi connectivity index (χ2n) is 5.01. The highest BCUT2D eigenvalue weighted by atomic mass is 19.1. The van der Waals surface area contributed by atoms with Crippen molar-refractivity contribution in [2.75, 3.05) is 0 Å². The predicted molar refractivity (Wildman–Crippen MR) is 81.7 cm³/mol. The number of hydrogen-bond acceptors (Lipinski definition) is 1. The van der Waals surface area contributed by atoms with Crippen LogP contribution in [-0.4, -0.2) is 4.57 Å². The van der Waals surface area contributed by atoms with E-state index < -0.39 is 0 Å². The van der Waals surface area contributed by atoms with E-state index in [0.717, 1.165) is 16.8 Å². The average molecular weight is 281 g/mol. The van der Waals surface area contributed by atoms with Crippen LogP contribution in [0.5, 0.6) is 11.6 Å². The number of rotatable bonds is 3. The molecule has 0 radical (unpaired) electrons. The molecule has 2 aromatic carbocycles. The molecule has 3 rings (SSSR count). The van der Waals surface area contributed by atoms with Crippen LogP contribution in [0.3, 0.4) is 0 Å². The van der Waals surface area contributed by atoms with E-state index in [4.69, 9.17) is 4.74 Å². The smallest absolute Gasteiger partial charge is 0.204 e. The fraction of sp³-hybridized carbons (Fsp3) is 0.111. The first-order valence-electron chi connectivity index (χ1n) is 6.82. The first-order chi connectivity index (χ1) is 10.1. The van der Waals surface area contributed by atoms with Gasteiger partial charge in [0.2, 0.25) is 5.88 Å². The summed E-state index contributed by atoms with van der Waals surface area (Å²) in [6, 6.07) is 16.4. The Hall–Kier alpha value is -2.55. The number of nitrogens with zero attached hydrogens (tertiary/aromatic N) is 1. The van der Waals surface area contributed by atoms with Crippen LogP contribution in [0.25, 0.3) is 5.69 Å². The van der Waals surface area contributed by atoms with Gasteiger partial charge in [-0.05, 0) is 43.2 Å². The Morgan fingerprint density at radius 3 is 2.52 bits per heavy atom. The number of ether oxygens (including phenoxy) is 1. The second-order valence-corrected chi connectivity index (χ2v) is 5.01. The van der Waals surface area contributed by atoms with Gasteiger partial charge in [0.25, 0.3) is 0 Å². The summed E-state index contributed by atoms with van der Waals surface area (Å²) in [5, 5.41) is 0. The van der Waals surface area contributed by atoms with Crippen molar-refractivity contribution in [1.82, 2.24) is 4.57 Å². The Morgan fingerprint density at radius 1 is 0.905 bits per heavy atom. The van der Waals surface area contributed by atoms with E-state index in [9.17, 15) is 4.39 Å². The Balaban J connectivity index is 2.00. The van der Waals surface area contributed by atoms with Crippen molar-refractivity contribution in [2.45, 2.75) is 13.8 Å². The first-order valence-corrected chi connectivity index (χ1v) is 6.82. The fourth-order valence-corrected chi connectivity index (χ4v) is 2.28. The molecule has 0 saturated heterocycles. The van der Waals surface area contributed by atoms with Crippen LogP contribution in [-0.2, 0) is 0 Å². The van der Waals surface area contributed by atoms with Gasteiger partial charge in [0, 0.05) is 18.3 Å². The van der Waals surface area contributed by atoms with Crippen molar-refractivity contribution in [1.29, 1.82) is 0 Å². The van der Waals surface area contributed by atoms with Crippen LogP contribution in [0.4, 0.5) is 4.39 Å². The molecular formula is C18H16FNO. The van der Waals surface area contributed by atoms with E-state index in [1.165, 1.54) is 12.1 Å². The molecule has 106 valence electrons. The lowest BCUT2D eigenvalue weighted by atomic mass is 10.2. The van der Waals surface area contributed by atoms with E-state index in [1.807, 2.05) is 61.0 Å². The van der Waals surface area contributed by atoms with E-state index in [2.05, 4.69) is 0 Å². The number of aryl methyl sites for hydroxylation is 2. The molecule has 0 N–H and O–H groups in total. The van der Waals surface area contributed by atoms with Crippen LogP contribution < -0.4 is 4.74 Å². The minimum Gasteiger partial charge on any atom is -0.440 e. The lowest BCUT2D eigenvalue weighted by Crippen LogP contribution is -1.99. The monoisotopic (exact) mass is 281 g/mol.